The summed E-state index contributed by atoms with van der Waals surface area (Å²) in [6.07, 6.45) is 0.307. The van der Waals surface area contributed by atoms with Crippen molar-refractivity contribution >= 4 is 40.9 Å². The highest BCUT2D eigenvalue weighted by Gasteiger charge is 2.36. The first-order valence-corrected chi connectivity index (χ1v) is 8.79. The van der Waals surface area contributed by atoms with Crippen LogP contribution in [0.15, 0.2) is 0 Å². The van der Waals surface area contributed by atoms with Crippen LogP contribution >= 0.6 is 34.8 Å². The van der Waals surface area contributed by atoms with E-state index in [4.69, 9.17) is 44.3 Å². The van der Waals surface area contributed by atoms with E-state index in [-0.39, 0.29) is 12.7 Å². The fourth-order valence-electron chi connectivity index (χ4n) is 2.41. The van der Waals surface area contributed by atoms with Gasteiger partial charge in [0.15, 0.2) is 0 Å². The van der Waals surface area contributed by atoms with Gasteiger partial charge in [0.2, 0.25) is 3.79 Å². The number of piperazine rings is 1. The summed E-state index contributed by atoms with van der Waals surface area (Å²) in [6.45, 7) is 4.22. The quantitative estimate of drug-likeness (QED) is 0.546. The maximum Gasteiger partial charge on any atom is 0.408 e. The Morgan fingerprint density at radius 1 is 1.35 bits per heavy atom. The molecule has 0 radical (unpaired) electrons. The Labute approximate surface area is 151 Å². The van der Waals surface area contributed by atoms with Gasteiger partial charge in [-0.1, -0.05) is 34.8 Å². The standard InChI is InChI=1S/C13H23Cl3N4O3/c1-19-4-6-20(7-5-19)18-11(13(14,15)16)17-12(21)23-9-10-3-2-8-22-10/h10-11,18H,2-9H2,1H3,(H,17,21)/t10-,11+/m0/s1. The van der Waals surface area contributed by atoms with Gasteiger partial charge >= 0.3 is 6.09 Å². The Balaban J connectivity index is 1.79. The van der Waals surface area contributed by atoms with Crippen LogP contribution in [0.4, 0.5) is 4.79 Å². The molecule has 2 rings (SSSR count). The summed E-state index contributed by atoms with van der Waals surface area (Å²) < 4.78 is 8.83. The summed E-state index contributed by atoms with van der Waals surface area (Å²) in [7, 11) is 2.05. The normalized spacial score (nSPS) is 25.3. The van der Waals surface area contributed by atoms with Crippen LogP contribution in [0.2, 0.25) is 0 Å². The SMILES string of the molecule is CN1CCN(N[C@@H](NC(=O)OC[C@@H]2CCCO2)C(Cl)(Cl)Cl)CC1. The van der Waals surface area contributed by atoms with Gasteiger partial charge in [-0.2, -0.15) is 0 Å². The van der Waals surface area contributed by atoms with Crippen LogP contribution in [0, 0.1) is 0 Å². The zero-order valence-corrected chi connectivity index (χ0v) is 15.3. The number of carbonyl (C=O) groups is 1. The van der Waals surface area contributed by atoms with Crippen molar-refractivity contribution < 1.29 is 14.3 Å². The van der Waals surface area contributed by atoms with Crippen LogP contribution in [0.1, 0.15) is 12.8 Å². The predicted molar refractivity (Wildman–Crippen MR) is 89.7 cm³/mol. The second-order valence-electron chi connectivity index (χ2n) is 5.77. The van der Waals surface area contributed by atoms with E-state index in [9.17, 15) is 4.79 Å². The summed E-state index contributed by atoms with van der Waals surface area (Å²) in [5.74, 6) is 0. The molecular weight excluding hydrogens is 367 g/mol. The molecule has 2 atom stereocenters. The molecule has 0 aliphatic carbocycles. The minimum Gasteiger partial charge on any atom is -0.447 e. The summed E-state index contributed by atoms with van der Waals surface area (Å²) in [5.41, 5.74) is 3.04. The topological polar surface area (TPSA) is 66.1 Å². The van der Waals surface area contributed by atoms with Gasteiger partial charge in [0.05, 0.1) is 6.10 Å². The molecule has 2 heterocycles. The van der Waals surface area contributed by atoms with E-state index in [2.05, 4.69) is 15.6 Å². The van der Waals surface area contributed by atoms with Gasteiger partial charge in [-0.25, -0.2) is 15.2 Å². The third-order valence-electron chi connectivity index (χ3n) is 3.83. The molecule has 0 aromatic heterocycles. The average Bonchev–Trinajstić information content (AvgIpc) is 2.99. The molecule has 0 bridgehead atoms. The molecule has 7 nitrogen and oxygen atoms in total. The van der Waals surface area contributed by atoms with Crippen molar-refractivity contribution in [2.45, 2.75) is 28.9 Å². The number of amides is 1. The largest absolute Gasteiger partial charge is 0.447 e. The van der Waals surface area contributed by atoms with E-state index in [1.807, 2.05) is 12.1 Å². The van der Waals surface area contributed by atoms with E-state index < -0.39 is 16.1 Å². The summed E-state index contributed by atoms with van der Waals surface area (Å²) >= 11 is 17.9. The van der Waals surface area contributed by atoms with Crippen LogP contribution < -0.4 is 10.7 Å². The number of nitrogens with zero attached hydrogens (tertiary/aromatic N) is 2. The molecule has 0 aromatic rings. The molecule has 0 spiro atoms. The maximum absolute atomic E-state index is 11.9. The minimum atomic E-state index is -1.70. The number of nitrogens with one attached hydrogen (secondary N) is 2. The Hall–Kier alpha value is -0.0200. The first-order chi connectivity index (χ1) is 10.8. The van der Waals surface area contributed by atoms with Crippen molar-refractivity contribution in [2.24, 2.45) is 0 Å². The molecule has 2 aliphatic rings. The Kier molecular flexibility index (Phi) is 7.47. The Morgan fingerprint density at radius 2 is 2.04 bits per heavy atom. The van der Waals surface area contributed by atoms with E-state index in [0.717, 1.165) is 39.0 Å². The van der Waals surface area contributed by atoms with E-state index >= 15 is 0 Å². The maximum atomic E-state index is 11.9. The molecular formula is C13H23Cl3N4O3. The number of hydrazine groups is 1. The molecule has 2 aliphatic heterocycles. The lowest BCUT2D eigenvalue weighted by atomic mass is 10.2. The second-order valence-corrected chi connectivity index (χ2v) is 8.14. The lowest BCUT2D eigenvalue weighted by molar-refractivity contribution is 0.0380. The summed E-state index contributed by atoms with van der Waals surface area (Å²) in [4.78, 5) is 14.1. The molecule has 10 heteroatoms. The number of ether oxygens (including phenoxy) is 2. The molecule has 0 unspecified atom stereocenters. The van der Waals surface area contributed by atoms with Crippen LogP contribution in [0.3, 0.4) is 0 Å². The van der Waals surface area contributed by atoms with Crippen molar-refractivity contribution in [2.75, 3.05) is 46.4 Å². The predicted octanol–water partition coefficient (Wildman–Crippen LogP) is 1.34. The fraction of sp³-hybridized carbons (Fsp3) is 0.923. The van der Waals surface area contributed by atoms with Gasteiger partial charge in [0, 0.05) is 32.8 Å². The molecule has 2 N–H and O–H groups in total. The number of hydrogen-bond acceptors (Lipinski definition) is 6. The van der Waals surface area contributed by atoms with Crippen molar-refractivity contribution in [3.8, 4) is 0 Å². The molecule has 23 heavy (non-hydrogen) atoms. The number of alkyl halides is 3. The molecule has 2 fully saturated rings. The van der Waals surface area contributed by atoms with E-state index in [1.54, 1.807) is 0 Å². The van der Waals surface area contributed by atoms with Gasteiger partial charge in [-0.05, 0) is 19.9 Å². The van der Waals surface area contributed by atoms with Crippen LogP contribution in [0.25, 0.3) is 0 Å². The molecule has 1 amide bonds. The lowest BCUT2D eigenvalue weighted by Crippen LogP contribution is -2.62. The number of hydrogen-bond donors (Lipinski definition) is 2. The first kappa shape index (κ1) is 19.3. The second kappa shape index (κ2) is 8.89. The highest BCUT2D eigenvalue weighted by atomic mass is 35.6. The highest BCUT2D eigenvalue weighted by Crippen LogP contribution is 2.29. The number of carbonyl (C=O) groups excluding carboxylic acids is 1. The van der Waals surface area contributed by atoms with Gasteiger partial charge < -0.3 is 19.7 Å². The summed E-state index contributed by atoms with van der Waals surface area (Å²) in [5, 5.41) is 4.48. The zero-order chi connectivity index (χ0) is 16.9. The Bertz CT molecular complexity index is 383. The third kappa shape index (κ3) is 6.78. The average molecular weight is 390 g/mol. The van der Waals surface area contributed by atoms with E-state index in [1.165, 1.54) is 0 Å². The molecule has 0 saturated carbocycles. The number of halogens is 3. The Morgan fingerprint density at radius 3 is 2.61 bits per heavy atom. The zero-order valence-electron chi connectivity index (χ0n) is 13.1. The third-order valence-corrected chi connectivity index (χ3v) is 4.48. The smallest absolute Gasteiger partial charge is 0.408 e. The summed E-state index contributed by atoms with van der Waals surface area (Å²) in [6, 6.07) is 0. The van der Waals surface area contributed by atoms with Gasteiger partial charge in [0.25, 0.3) is 0 Å². The van der Waals surface area contributed by atoms with Crippen molar-refractivity contribution in [1.82, 2.24) is 20.7 Å². The fourth-order valence-corrected chi connectivity index (χ4v) is 2.72. The molecule has 2 saturated heterocycles. The number of likely N-dealkylation sites (N-methyl/N-ethyl adjacent to an activating group) is 1. The highest BCUT2D eigenvalue weighted by molar-refractivity contribution is 6.68. The number of alkyl carbamates (subject to hydrolysis) is 1. The van der Waals surface area contributed by atoms with Gasteiger partial charge in [-0.15, -0.1) is 0 Å². The van der Waals surface area contributed by atoms with Crippen molar-refractivity contribution in [3.05, 3.63) is 0 Å². The molecule has 0 aromatic carbocycles. The minimum absolute atomic E-state index is 0.0439. The van der Waals surface area contributed by atoms with Crippen molar-refractivity contribution in [3.63, 3.8) is 0 Å². The van der Waals surface area contributed by atoms with Crippen molar-refractivity contribution in [1.29, 1.82) is 0 Å². The lowest BCUT2D eigenvalue weighted by Gasteiger charge is -2.37. The molecule has 134 valence electrons. The van der Waals surface area contributed by atoms with E-state index in [0.29, 0.717) is 6.61 Å². The van der Waals surface area contributed by atoms with Crippen LogP contribution in [-0.2, 0) is 9.47 Å². The van der Waals surface area contributed by atoms with Crippen LogP contribution in [0.5, 0.6) is 0 Å². The first-order valence-electron chi connectivity index (χ1n) is 7.66. The monoisotopic (exact) mass is 388 g/mol. The van der Waals surface area contributed by atoms with Crippen LogP contribution in [-0.4, -0.2) is 78.5 Å². The van der Waals surface area contributed by atoms with Gasteiger partial charge in [-0.3, -0.25) is 0 Å². The number of rotatable bonds is 5. The van der Waals surface area contributed by atoms with Gasteiger partial charge in [0.1, 0.15) is 12.8 Å².